The third-order valence-electron chi connectivity index (χ3n) is 2.40. The average molecular weight is 227 g/mol. The Labute approximate surface area is 91.9 Å². The van der Waals surface area contributed by atoms with Gasteiger partial charge in [0.15, 0.2) is 0 Å². The first-order valence-corrected chi connectivity index (χ1v) is 5.82. The monoisotopic (exact) mass is 226 g/mol. The maximum Gasteiger partial charge on any atom is 0.0685 e. The number of hydrogen-bond donors (Lipinski definition) is 1. The lowest BCUT2D eigenvalue weighted by Gasteiger charge is -2.08. The van der Waals surface area contributed by atoms with Gasteiger partial charge in [0.25, 0.3) is 0 Å². The number of rotatable bonds is 2. The van der Waals surface area contributed by atoms with E-state index in [4.69, 9.17) is 11.6 Å². The summed E-state index contributed by atoms with van der Waals surface area (Å²) >= 11 is 7.92. The molecule has 0 aliphatic carbocycles. The fraction of sp³-hybridized carbons (Fsp3) is 0.273. The molecule has 0 aliphatic heterocycles. The Kier molecular flexibility index (Phi) is 2.77. The minimum atomic E-state index is 0.0642. The summed E-state index contributed by atoms with van der Waals surface area (Å²) in [5, 5.41) is 13.2. The Morgan fingerprint density at radius 2 is 2.29 bits per heavy atom. The second-order valence-electron chi connectivity index (χ2n) is 3.18. The predicted molar refractivity (Wildman–Crippen MR) is 62.1 cm³/mol. The van der Waals surface area contributed by atoms with Crippen LogP contribution < -0.4 is 0 Å². The van der Waals surface area contributed by atoms with E-state index in [1.807, 2.05) is 17.5 Å². The van der Waals surface area contributed by atoms with Crippen LogP contribution in [0.5, 0.6) is 0 Å². The molecule has 0 saturated carbocycles. The van der Waals surface area contributed by atoms with Gasteiger partial charge in [-0.3, -0.25) is 0 Å². The summed E-state index contributed by atoms with van der Waals surface area (Å²) < 4.78 is 1.13. The summed E-state index contributed by atoms with van der Waals surface area (Å²) in [5.74, 6) is 0. The van der Waals surface area contributed by atoms with Gasteiger partial charge in [0.05, 0.1) is 16.3 Å². The number of aliphatic hydroxyl groups is 1. The zero-order chi connectivity index (χ0) is 10.1. The molecule has 0 radical (unpaired) electrons. The molecule has 0 amide bonds. The SMILES string of the molecule is CCc1c(CO)cc2ccsc2c1Cl. The summed E-state index contributed by atoms with van der Waals surface area (Å²) in [4.78, 5) is 0. The first-order chi connectivity index (χ1) is 6.77. The van der Waals surface area contributed by atoms with Crippen molar-refractivity contribution in [1.29, 1.82) is 0 Å². The van der Waals surface area contributed by atoms with Crippen LogP contribution in [0.15, 0.2) is 17.5 Å². The lowest BCUT2D eigenvalue weighted by Crippen LogP contribution is -1.93. The van der Waals surface area contributed by atoms with Gasteiger partial charge in [-0.2, -0.15) is 0 Å². The van der Waals surface area contributed by atoms with E-state index in [1.165, 1.54) is 0 Å². The maximum atomic E-state index is 9.22. The molecule has 2 rings (SSSR count). The molecule has 14 heavy (non-hydrogen) atoms. The molecule has 1 heterocycles. The summed E-state index contributed by atoms with van der Waals surface area (Å²) in [6.07, 6.45) is 0.864. The molecule has 0 atom stereocenters. The van der Waals surface area contributed by atoms with Crippen LogP contribution in [0.25, 0.3) is 10.1 Å². The highest BCUT2D eigenvalue weighted by Gasteiger charge is 2.10. The smallest absolute Gasteiger partial charge is 0.0685 e. The van der Waals surface area contributed by atoms with Crippen molar-refractivity contribution in [3.05, 3.63) is 33.7 Å². The number of aliphatic hydroxyl groups excluding tert-OH is 1. The van der Waals surface area contributed by atoms with Gasteiger partial charge in [-0.1, -0.05) is 18.5 Å². The molecule has 0 aliphatic rings. The summed E-state index contributed by atoms with van der Waals surface area (Å²) in [5.41, 5.74) is 2.02. The lowest BCUT2D eigenvalue weighted by atomic mass is 10.0. The first-order valence-electron chi connectivity index (χ1n) is 4.56. The van der Waals surface area contributed by atoms with E-state index in [9.17, 15) is 5.11 Å². The Morgan fingerprint density at radius 3 is 2.93 bits per heavy atom. The van der Waals surface area contributed by atoms with Crippen LogP contribution in [0.3, 0.4) is 0 Å². The van der Waals surface area contributed by atoms with Gasteiger partial charge in [-0.25, -0.2) is 0 Å². The number of halogens is 1. The van der Waals surface area contributed by atoms with Gasteiger partial charge in [-0.15, -0.1) is 11.3 Å². The zero-order valence-corrected chi connectivity index (χ0v) is 9.45. The summed E-state index contributed by atoms with van der Waals surface area (Å²) in [6.45, 7) is 2.12. The van der Waals surface area contributed by atoms with Crippen molar-refractivity contribution < 1.29 is 5.11 Å². The Balaban J connectivity index is 2.79. The van der Waals surface area contributed by atoms with Crippen LogP contribution in [-0.2, 0) is 13.0 Å². The van der Waals surface area contributed by atoms with Gasteiger partial charge in [0.2, 0.25) is 0 Å². The fourth-order valence-corrected chi connectivity index (χ4v) is 3.03. The normalized spacial score (nSPS) is 11.1. The van der Waals surface area contributed by atoms with Crippen LogP contribution in [0.1, 0.15) is 18.1 Å². The minimum Gasteiger partial charge on any atom is -0.392 e. The van der Waals surface area contributed by atoms with E-state index in [1.54, 1.807) is 11.3 Å². The Hall–Kier alpha value is -0.570. The third-order valence-corrected chi connectivity index (χ3v) is 3.88. The van der Waals surface area contributed by atoms with Crippen molar-refractivity contribution in [2.24, 2.45) is 0 Å². The molecule has 0 unspecified atom stereocenters. The number of hydrogen-bond acceptors (Lipinski definition) is 2. The standard InChI is InChI=1S/C11H11ClOS/c1-2-9-8(6-13)5-7-3-4-14-11(7)10(9)12/h3-5,13H,2,6H2,1H3. The van der Waals surface area contributed by atoms with Gasteiger partial charge in [0.1, 0.15) is 0 Å². The van der Waals surface area contributed by atoms with Crippen molar-refractivity contribution in [3.63, 3.8) is 0 Å². The van der Waals surface area contributed by atoms with E-state index in [-0.39, 0.29) is 6.61 Å². The molecule has 74 valence electrons. The third kappa shape index (κ3) is 1.44. The van der Waals surface area contributed by atoms with E-state index in [0.29, 0.717) is 0 Å². The first kappa shape index (κ1) is 9.97. The molecule has 1 N–H and O–H groups in total. The molecular weight excluding hydrogens is 216 g/mol. The van der Waals surface area contributed by atoms with E-state index >= 15 is 0 Å². The molecule has 0 saturated heterocycles. The van der Waals surface area contributed by atoms with Crippen LogP contribution in [0, 0.1) is 0 Å². The fourth-order valence-electron chi connectivity index (χ4n) is 1.69. The van der Waals surface area contributed by atoms with Gasteiger partial charge in [0, 0.05) is 0 Å². The highest BCUT2D eigenvalue weighted by molar-refractivity contribution is 7.17. The molecule has 0 fully saturated rings. The summed E-state index contributed by atoms with van der Waals surface area (Å²) in [6, 6.07) is 4.06. The van der Waals surface area contributed by atoms with Gasteiger partial charge in [-0.05, 0) is 40.4 Å². The Morgan fingerprint density at radius 1 is 1.50 bits per heavy atom. The maximum absolute atomic E-state index is 9.22. The molecule has 2 aromatic rings. The second kappa shape index (κ2) is 3.89. The Bertz CT molecular complexity index is 462. The predicted octanol–water partition coefficient (Wildman–Crippen LogP) is 3.61. The molecule has 0 spiro atoms. The van der Waals surface area contributed by atoms with E-state index < -0.39 is 0 Å². The average Bonchev–Trinajstić information content (AvgIpc) is 2.65. The van der Waals surface area contributed by atoms with Crippen LogP contribution in [0.2, 0.25) is 5.02 Å². The molecule has 1 aromatic heterocycles. The van der Waals surface area contributed by atoms with E-state index in [2.05, 4.69) is 6.92 Å². The minimum absolute atomic E-state index is 0.0642. The molecule has 0 bridgehead atoms. The van der Waals surface area contributed by atoms with Gasteiger partial charge < -0.3 is 5.11 Å². The van der Waals surface area contributed by atoms with Crippen molar-refractivity contribution >= 4 is 33.0 Å². The van der Waals surface area contributed by atoms with Crippen LogP contribution in [-0.4, -0.2) is 5.11 Å². The second-order valence-corrected chi connectivity index (χ2v) is 4.47. The zero-order valence-electron chi connectivity index (χ0n) is 7.88. The number of fused-ring (bicyclic) bond motifs is 1. The van der Waals surface area contributed by atoms with Crippen molar-refractivity contribution in [3.8, 4) is 0 Å². The van der Waals surface area contributed by atoms with Crippen LogP contribution in [0.4, 0.5) is 0 Å². The summed E-state index contributed by atoms with van der Waals surface area (Å²) in [7, 11) is 0. The van der Waals surface area contributed by atoms with Crippen molar-refractivity contribution in [2.45, 2.75) is 20.0 Å². The topological polar surface area (TPSA) is 20.2 Å². The lowest BCUT2D eigenvalue weighted by molar-refractivity contribution is 0.281. The van der Waals surface area contributed by atoms with Crippen molar-refractivity contribution in [2.75, 3.05) is 0 Å². The highest BCUT2D eigenvalue weighted by Crippen LogP contribution is 2.34. The molecule has 1 nitrogen and oxygen atoms in total. The largest absolute Gasteiger partial charge is 0.392 e. The number of benzene rings is 1. The quantitative estimate of drug-likeness (QED) is 0.830. The van der Waals surface area contributed by atoms with Crippen molar-refractivity contribution in [1.82, 2.24) is 0 Å². The molecule has 3 heteroatoms. The van der Waals surface area contributed by atoms with Crippen LogP contribution >= 0.6 is 22.9 Å². The highest BCUT2D eigenvalue weighted by atomic mass is 35.5. The molecule has 1 aromatic carbocycles. The van der Waals surface area contributed by atoms with E-state index in [0.717, 1.165) is 32.7 Å². The van der Waals surface area contributed by atoms with Gasteiger partial charge >= 0.3 is 0 Å². The molecular formula is C11H11ClOS. The number of thiophene rings is 1.